The molecule has 0 heterocycles. The Morgan fingerprint density at radius 2 is 1.84 bits per heavy atom. The Hall–Kier alpha value is -1.67. The van der Waals surface area contributed by atoms with E-state index in [0.29, 0.717) is 11.4 Å². The van der Waals surface area contributed by atoms with Crippen molar-refractivity contribution in [1.29, 1.82) is 0 Å². The summed E-state index contributed by atoms with van der Waals surface area (Å²) in [6, 6.07) is 13.8. The number of halogens is 2. The molecule has 0 atom stereocenters. The van der Waals surface area contributed by atoms with Gasteiger partial charge in [0, 0.05) is 12.0 Å². The second-order valence-electron chi connectivity index (χ2n) is 4.39. The molecule has 0 aliphatic heterocycles. The van der Waals surface area contributed by atoms with E-state index in [4.69, 9.17) is 11.6 Å². The second-order valence-corrected chi connectivity index (χ2v) is 4.79. The zero-order chi connectivity index (χ0) is 13.7. The van der Waals surface area contributed by atoms with Gasteiger partial charge in [-0.3, -0.25) is 4.79 Å². The number of benzene rings is 2. The van der Waals surface area contributed by atoms with Gasteiger partial charge in [-0.05, 0) is 36.6 Å². The fourth-order valence-electron chi connectivity index (χ4n) is 1.94. The minimum Gasteiger partial charge on any atom is -0.294 e. The van der Waals surface area contributed by atoms with Crippen LogP contribution in [0.4, 0.5) is 4.39 Å². The van der Waals surface area contributed by atoms with Crippen molar-refractivity contribution < 1.29 is 9.18 Å². The quantitative estimate of drug-likeness (QED) is 0.725. The summed E-state index contributed by atoms with van der Waals surface area (Å²) < 4.78 is 13.1. The molecule has 0 aliphatic rings. The zero-order valence-electron chi connectivity index (χ0n) is 10.4. The zero-order valence-corrected chi connectivity index (χ0v) is 11.2. The highest BCUT2D eigenvalue weighted by atomic mass is 35.5. The lowest BCUT2D eigenvalue weighted by Crippen LogP contribution is -2.01. The first-order chi connectivity index (χ1) is 9.16. The van der Waals surface area contributed by atoms with E-state index >= 15 is 0 Å². The molecule has 0 bridgehead atoms. The molecule has 2 aromatic rings. The maximum Gasteiger partial charge on any atom is 0.164 e. The third-order valence-corrected chi connectivity index (χ3v) is 3.27. The molecular weight excluding hydrogens is 263 g/mol. The molecule has 0 radical (unpaired) electrons. The van der Waals surface area contributed by atoms with E-state index in [9.17, 15) is 9.18 Å². The Morgan fingerprint density at radius 3 is 2.58 bits per heavy atom. The summed E-state index contributed by atoms with van der Waals surface area (Å²) in [5.41, 5.74) is 1.47. The monoisotopic (exact) mass is 276 g/mol. The van der Waals surface area contributed by atoms with Gasteiger partial charge in [0.25, 0.3) is 0 Å². The van der Waals surface area contributed by atoms with Gasteiger partial charge < -0.3 is 0 Å². The molecule has 0 saturated heterocycles. The highest BCUT2D eigenvalue weighted by Crippen LogP contribution is 2.19. The molecule has 1 nitrogen and oxygen atoms in total. The SMILES string of the molecule is O=C(CCCc1ccccc1)c1cc(F)ccc1Cl. The Kier molecular flexibility index (Phi) is 4.69. The van der Waals surface area contributed by atoms with Crippen LogP contribution >= 0.6 is 11.6 Å². The van der Waals surface area contributed by atoms with Gasteiger partial charge in [0.2, 0.25) is 0 Å². The summed E-state index contributed by atoms with van der Waals surface area (Å²) >= 11 is 5.90. The van der Waals surface area contributed by atoms with Crippen molar-refractivity contribution in [3.05, 3.63) is 70.5 Å². The van der Waals surface area contributed by atoms with Crippen LogP contribution in [0.25, 0.3) is 0 Å². The number of aryl methyl sites for hydroxylation is 1. The van der Waals surface area contributed by atoms with Crippen molar-refractivity contribution in [3.8, 4) is 0 Å². The highest BCUT2D eigenvalue weighted by Gasteiger charge is 2.11. The number of Topliss-reactive ketones (excluding diaryl/α,β-unsaturated/α-hetero) is 1. The van der Waals surface area contributed by atoms with E-state index in [1.807, 2.05) is 30.3 Å². The Morgan fingerprint density at radius 1 is 1.11 bits per heavy atom. The lowest BCUT2D eigenvalue weighted by Gasteiger charge is -2.04. The molecule has 2 rings (SSSR count). The Bertz CT molecular complexity index is 566. The van der Waals surface area contributed by atoms with E-state index in [1.54, 1.807) is 0 Å². The molecule has 0 aliphatic carbocycles. The van der Waals surface area contributed by atoms with Crippen molar-refractivity contribution in [2.45, 2.75) is 19.3 Å². The third-order valence-electron chi connectivity index (χ3n) is 2.94. The van der Waals surface area contributed by atoms with Crippen molar-refractivity contribution in [1.82, 2.24) is 0 Å². The van der Waals surface area contributed by atoms with E-state index < -0.39 is 5.82 Å². The van der Waals surface area contributed by atoms with Crippen molar-refractivity contribution in [3.63, 3.8) is 0 Å². The standard InChI is InChI=1S/C16H14ClFO/c17-15-10-9-13(18)11-14(15)16(19)8-4-7-12-5-2-1-3-6-12/h1-3,5-6,9-11H,4,7-8H2. The maximum atomic E-state index is 13.1. The molecule has 2 aromatic carbocycles. The van der Waals surface area contributed by atoms with Crippen LogP contribution in [0.5, 0.6) is 0 Å². The molecule has 0 fully saturated rings. The number of rotatable bonds is 5. The van der Waals surface area contributed by atoms with Crippen LogP contribution in [-0.2, 0) is 6.42 Å². The number of hydrogen-bond donors (Lipinski definition) is 0. The lowest BCUT2D eigenvalue weighted by molar-refractivity contribution is 0.0980. The first-order valence-electron chi connectivity index (χ1n) is 6.19. The van der Waals surface area contributed by atoms with Gasteiger partial charge in [0.15, 0.2) is 5.78 Å². The molecular formula is C16H14ClFO. The van der Waals surface area contributed by atoms with Gasteiger partial charge in [-0.15, -0.1) is 0 Å². The average Bonchev–Trinajstić information content (AvgIpc) is 2.42. The van der Waals surface area contributed by atoms with Gasteiger partial charge in [-0.25, -0.2) is 4.39 Å². The third kappa shape index (κ3) is 3.90. The summed E-state index contributed by atoms with van der Waals surface area (Å²) in [4.78, 5) is 12.0. The van der Waals surface area contributed by atoms with Crippen LogP contribution in [0.1, 0.15) is 28.8 Å². The van der Waals surface area contributed by atoms with Crippen molar-refractivity contribution >= 4 is 17.4 Å². The molecule has 0 aromatic heterocycles. The molecule has 3 heteroatoms. The summed E-state index contributed by atoms with van der Waals surface area (Å²) in [5, 5.41) is 0.311. The number of carbonyl (C=O) groups excluding carboxylic acids is 1. The fraction of sp³-hybridized carbons (Fsp3) is 0.188. The van der Waals surface area contributed by atoms with Crippen LogP contribution in [0.2, 0.25) is 5.02 Å². The minimum absolute atomic E-state index is 0.111. The number of ketones is 1. The summed E-state index contributed by atoms with van der Waals surface area (Å²) in [7, 11) is 0. The molecule has 0 saturated carbocycles. The summed E-state index contributed by atoms with van der Waals surface area (Å²) in [5.74, 6) is -0.545. The fourth-order valence-corrected chi connectivity index (χ4v) is 2.17. The van der Waals surface area contributed by atoms with E-state index in [-0.39, 0.29) is 11.3 Å². The molecule has 0 amide bonds. The topological polar surface area (TPSA) is 17.1 Å². The van der Waals surface area contributed by atoms with E-state index in [1.165, 1.54) is 23.8 Å². The van der Waals surface area contributed by atoms with E-state index in [2.05, 4.69) is 0 Å². The molecule has 0 unspecified atom stereocenters. The van der Waals surface area contributed by atoms with Gasteiger partial charge in [-0.2, -0.15) is 0 Å². The predicted molar refractivity (Wildman–Crippen MR) is 75.1 cm³/mol. The van der Waals surface area contributed by atoms with Crippen LogP contribution < -0.4 is 0 Å². The first kappa shape index (κ1) is 13.8. The van der Waals surface area contributed by atoms with Gasteiger partial charge in [0.1, 0.15) is 5.82 Å². The Labute approximate surface area is 117 Å². The Balaban J connectivity index is 1.93. The highest BCUT2D eigenvalue weighted by molar-refractivity contribution is 6.33. The maximum absolute atomic E-state index is 13.1. The van der Waals surface area contributed by atoms with Gasteiger partial charge in [0.05, 0.1) is 5.02 Å². The molecule has 0 spiro atoms. The number of hydrogen-bond acceptors (Lipinski definition) is 1. The van der Waals surface area contributed by atoms with Crippen LogP contribution in [0, 0.1) is 5.82 Å². The normalized spacial score (nSPS) is 10.4. The summed E-state index contributed by atoms with van der Waals surface area (Å²) in [6.45, 7) is 0. The van der Waals surface area contributed by atoms with Gasteiger partial charge >= 0.3 is 0 Å². The minimum atomic E-state index is -0.434. The average molecular weight is 277 g/mol. The van der Waals surface area contributed by atoms with Crippen LogP contribution in [-0.4, -0.2) is 5.78 Å². The van der Waals surface area contributed by atoms with Crippen molar-refractivity contribution in [2.24, 2.45) is 0 Å². The largest absolute Gasteiger partial charge is 0.294 e. The van der Waals surface area contributed by atoms with Gasteiger partial charge in [-0.1, -0.05) is 41.9 Å². The lowest BCUT2D eigenvalue weighted by atomic mass is 10.0. The van der Waals surface area contributed by atoms with Crippen LogP contribution in [0.3, 0.4) is 0 Å². The molecule has 19 heavy (non-hydrogen) atoms. The van der Waals surface area contributed by atoms with E-state index in [0.717, 1.165) is 12.8 Å². The predicted octanol–water partition coefficient (Wildman–Crippen LogP) is 4.68. The first-order valence-corrected chi connectivity index (χ1v) is 6.57. The number of carbonyl (C=O) groups is 1. The van der Waals surface area contributed by atoms with Crippen LogP contribution in [0.15, 0.2) is 48.5 Å². The van der Waals surface area contributed by atoms with Crippen molar-refractivity contribution in [2.75, 3.05) is 0 Å². The molecule has 98 valence electrons. The second kappa shape index (κ2) is 6.48. The smallest absolute Gasteiger partial charge is 0.164 e. The molecule has 0 N–H and O–H groups in total. The summed E-state index contributed by atoms with van der Waals surface area (Å²) in [6.07, 6.45) is 1.94.